The summed E-state index contributed by atoms with van der Waals surface area (Å²) in [6.45, 7) is 0.453. The van der Waals surface area contributed by atoms with Gasteiger partial charge in [-0.15, -0.1) is 11.8 Å². The van der Waals surface area contributed by atoms with E-state index in [0.717, 1.165) is 17.8 Å². The lowest BCUT2D eigenvalue weighted by Crippen LogP contribution is -2.11. The molecule has 1 rings (SSSR count). The largest absolute Gasteiger partial charge is 0.478 e. The number of carboxylic acids is 1. The molecule has 0 amide bonds. The second kappa shape index (κ2) is 6.76. The van der Waals surface area contributed by atoms with Crippen LogP contribution in [0.1, 0.15) is 22.5 Å². The highest BCUT2D eigenvalue weighted by atomic mass is 32.2. The summed E-state index contributed by atoms with van der Waals surface area (Å²) in [6.07, 6.45) is -3.99. The average Bonchev–Trinajstić information content (AvgIpc) is 2.33. The van der Waals surface area contributed by atoms with Crippen LogP contribution in [-0.4, -0.2) is 35.5 Å². The van der Waals surface area contributed by atoms with Crippen molar-refractivity contribution in [3.05, 3.63) is 23.4 Å². The lowest BCUT2D eigenvalue weighted by Gasteiger charge is -2.10. The predicted molar refractivity (Wildman–Crippen MR) is 63.4 cm³/mol. The number of nitrogens with zero attached hydrogens (tertiary/aromatic N) is 1. The van der Waals surface area contributed by atoms with Crippen molar-refractivity contribution in [2.75, 3.05) is 19.5 Å². The molecule has 106 valence electrons. The summed E-state index contributed by atoms with van der Waals surface area (Å²) in [7, 11) is 1.51. The predicted octanol–water partition coefficient (Wildman–Crippen LogP) is 2.93. The molecular weight excluding hydrogens is 283 g/mol. The molecule has 0 aliphatic carbocycles. The van der Waals surface area contributed by atoms with Gasteiger partial charge in [0, 0.05) is 19.5 Å². The summed E-state index contributed by atoms with van der Waals surface area (Å²) in [5.74, 6) is -0.863. The van der Waals surface area contributed by atoms with Gasteiger partial charge in [-0.25, -0.2) is 9.78 Å². The van der Waals surface area contributed by atoms with Gasteiger partial charge >= 0.3 is 12.1 Å². The molecule has 0 aliphatic heterocycles. The van der Waals surface area contributed by atoms with E-state index in [-0.39, 0.29) is 10.6 Å². The fourth-order valence-electron chi connectivity index (χ4n) is 1.24. The Bertz CT molecular complexity index is 451. The fraction of sp³-hybridized carbons (Fsp3) is 0.455. The Morgan fingerprint density at radius 2 is 2.16 bits per heavy atom. The van der Waals surface area contributed by atoms with Crippen molar-refractivity contribution < 1.29 is 27.8 Å². The minimum atomic E-state index is -4.58. The third kappa shape index (κ3) is 4.71. The maximum atomic E-state index is 12.5. The van der Waals surface area contributed by atoms with Gasteiger partial charge < -0.3 is 9.84 Å². The van der Waals surface area contributed by atoms with Gasteiger partial charge in [0.25, 0.3) is 0 Å². The lowest BCUT2D eigenvalue weighted by atomic mass is 10.2. The molecule has 0 saturated heterocycles. The molecule has 0 aliphatic rings. The molecule has 0 atom stereocenters. The Hall–Kier alpha value is -1.28. The van der Waals surface area contributed by atoms with Crippen molar-refractivity contribution in [2.24, 2.45) is 0 Å². The molecule has 19 heavy (non-hydrogen) atoms. The topological polar surface area (TPSA) is 59.4 Å². The second-order valence-electron chi connectivity index (χ2n) is 3.55. The van der Waals surface area contributed by atoms with Gasteiger partial charge in [-0.3, -0.25) is 0 Å². The molecule has 4 nitrogen and oxygen atoms in total. The van der Waals surface area contributed by atoms with E-state index in [2.05, 4.69) is 4.98 Å². The van der Waals surface area contributed by atoms with Gasteiger partial charge in [0.05, 0.1) is 5.56 Å². The minimum Gasteiger partial charge on any atom is -0.478 e. The normalized spacial score (nSPS) is 11.6. The zero-order valence-electron chi connectivity index (χ0n) is 10.0. The molecule has 1 heterocycles. The number of halogens is 3. The number of hydrogen-bond acceptors (Lipinski definition) is 4. The summed E-state index contributed by atoms with van der Waals surface area (Å²) in [5.41, 5.74) is -1.32. The van der Waals surface area contributed by atoms with Gasteiger partial charge in [0.15, 0.2) is 0 Å². The maximum Gasteiger partial charge on any atom is 0.433 e. The highest BCUT2D eigenvalue weighted by Crippen LogP contribution is 2.31. The quantitative estimate of drug-likeness (QED) is 0.646. The number of hydrogen-bond donors (Lipinski definition) is 1. The van der Waals surface area contributed by atoms with E-state index in [1.54, 1.807) is 0 Å². The Kier molecular flexibility index (Phi) is 5.61. The van der Waals surface area contributed by atoms with E-state index in [0.29, 0.717) is 24.8 Å². The molecule has 0 unspecified atom stereocenters. The molecule has 1 N–H and O–H groups in total. The summed E-state index contributed by atoms with van der Waals surface area (Å²) in [5, 5.41) is 8.78. The standard InChI is InChI=1S/C11H12F3NO3S/c1-18-5-2-6-19-9-7(10(16)17)3-4-8(15-9)11(12,13)14/h3-4H,2,5-6H2,1H3,(H,16,17). The summed E-state index contributed by atoms with van der Waals surface area (Å²) >= 11 is 0.974. The number of aromatic nitrogens is 1. The van der Waals surface area contributed by atoms with E-state index in [1.165, 1.54) is 7.11 Å². The number of carboxylic acid groups (broad SMARTS) is 1. The van der Waals surface area contributed by atoms with Crippen LogP contribution >= 0.6 is 11.8 Å². The second-order valence-corrected chi connectivity index (χ2v) is 4.63. The van der Waals surface area contributed by atoms with Crippen LogP contribution in [0.15, 0.2) is 17.2 Å². The lowest BCUT2D eigenvalue weighted by molar-refractivity contribution is -0.141. The van der Waals surface area contributed by atoms with Crippen molar-refractivity contribution in [3.8, 4) is 0 Å². The number of pyridine rings is 1. The van der Waals surface area contributed by atoms with E-state index < -0.39 is 17.8 Å². The van der Waals surface area contributed by atoms with Gasteiger partial charge in [-0.2, -0.15) is 13.2 Å². The van der Waals surface area contributed by atoms with Crippen molar-refractivity contribution in [2.45, 2.75) is 17.6 Å². The molecule has 8 heteroatoms. The molecular formula is C11H12F3NO3S. The number of ether oxygens (including phenoxy) is 1. The summed E-state index contributed by atoms with van der Waals surface area (Å²) < 4.78 is 42.3. The molecule has 0 radical (unpaired) electrons. The molecule has 0 spiro atoms. The number of aromatic carboxylic acids is 1. The maximum absolute atomic E-state index is 12.5. The number of rotatable bonds is 6. The van der Waals surface area contributed by atoms with Gasteiger partial charge in [0.2, 0.25) is 0 Å². The molecule has 0 fully saturated rings. The van der Waals surface area contributed by atoms with E-state index in [1.807, 2.05) is 0 Å². The van der Waals surface area contributed by atoms with Crippen molar-refractivity contribution in [3.63, 3.8) is 0 Å². The Morgan fingerprint density at radius 1 is 1.47 bits per heavy atom. The van der Waals surface area contributed by atoms with Crippen LogP contribution in [0.3, 0.4) is 0 Å². The van der Waals surface area contributed by atoms with Crippen LogP contribution in [0.2, 0.25) is 0 Å². The Balaban J connectivity index is 2.93. The van der Waals surface area contributed by atoms with Crippen LogP contribution in [0.4, 0.5) is 13.2 Å². The summed E-state index contributed by atoms with van der Waals surface area (Å²) in [6, 6.07) is 1.60. The van der Waals surface area contributed by atoms with Crippen LogP contribution in [-0.2, 0) is 10.9 Å². The van der Waals surface area contributed by atoms with E-state index in [9.17, 15) is 18.0 Å². The third-order valence-corrected chi connectivity index (χ3v) is 3.19. The molecule has 1 aromatic rings. The van der Waals surface area contributed by atoms with Gasteiger partial charge in [-0.05, 0) is 18.6 Å². The molecule has 1 aromatic heterocycles. The molecule has 0 aromatic carbocycles. The highest BCUT2D eigenvalue weighted by molar-refractivity contribution is 7.99. The number of thioether (sulfide) groups is 1. The van der Waals surface area contributed by atoms with Gasteiger partial charge in [0.1, 0.15) is 10.7 Å². The van der Waals surface area contributed by atoms with Crippen molar-refractivity contribution in [1.82, 2.24) is 4.98 Å². The summed E-state index contributed by atoms with van der Waals surface area (Å²) in [4.78, 5) is 14.3. The van der Waals surface area contributed by atoms with Crippen molar-refractivity contribution in [1.29, 1.82) is 0 Å². The Morgan fingerprint density at radius 3 is 2.68 bits per heavy atom. The average molecular weight is 295 g/mol. The van der Waals surface area contributed by atoms with Crippen molar-refractivity contribution >= 4 is 17.7 Å². The van der Waals surface area contributed by atoms with Crippen LogP contribution in [0.25, 0.3) is 0 Å². The smallest absolute Gasteiger partial charge is 0.433 e. The first kappa shape index (κ1) is 15.8. The molecule has 0 bridgehead atoms. The minimum absolute atomic E-state index is 0.126. The number of carbonyl (C=O) groups is 1. The van der Waals surface area contributed by atoms with Crippen LogP contribution in [0.5, 0.6) is 0 Å². The van der Waals surface area contributed by atoms with Crippen LogP contribution in [0, 0.1) is 0 Å². The number of alkyl halides is 3. The number of methoxy groups -OCH3 is 1. The first-order chi connectivity index (χ1) is 8.86. The first-order valence-corrected chi connectivity index (χ1v) is 6.28. The Labute approximate surface area is 112 Å². The van der Waals surface area contributed by atoms with Gasteiger partial charge in [-0.1, -0.05) is 0 Å². The highest BCUT2D eigenvalue weighted by Gasteiger charge is 2.33. The fourth-order valence-corrected chi connectivity index (χ4v) is 2.17. The first-order valence-electron chi connectivity index (χ1n) is 5.29. The third-order valence-electron chi connectivity index (χ3n) is 2.11. The monoisotopic (exact) mass is 295 g/mol. The van der Waals surface area contributed by atoms with E-state index >= 15 is 0 Å². The zero-order chi connectivity index (χ0) is 14.5. The zero-order valence-corrected chi connectivity index (χ0v) is 10.8. The molecule has 0 saturated carbocycles. The van der Waals surface area contributed by atoms with E-state index in [4.69, 9.17) is 9.84 Å². The van der Waals surface area contributed by atoms with Crippen LogP contribution < -0.4 is 0 Å². The SMILES string of the molecule is COCCCSc1nc(C(F)(F)F)ccc1C(=O)O.